The van der Waals surface area contributed by atoms with E-state index in [-0.39, 0.29) is 11.1 Å². The molecule has 1 heterocycles. The van der Waals surface area contributed by atoms with E-state index < -0.39 is 46.8 Å². The van der Waals surface area contributed by atoms with Gasteiger partial charge in [0.05, 0.1) is 10.5 Å². The number of benzene rings is 2. The van der Waals surface area contributed by atoms with Crippen molar-refractivity contribution in [2.45, 2.75) is 13.0 Å². The van der Waals surface area contributed by atoms with Crippen molar-refractivity contribution in [3.8, 4) is 0 Å². The lowest BCUT2D eigenvalue weighted by Gasteiger charge is -2.20. The van der Waals surface area contributed by atoms with Crippen molar-refractivity contribution in [2.24, 2.45) is 0 Å². The average molecular weight is 382 g/mol. The van der Waals surface area contributed by atoms with Crippen LogP contribution in [0.3, 0.4) is 0 Å². The van der Waals surface area contributed by atoms with Crippen LogP contribution in [0.4, 0.5) is 5.69 Å². The second-order valence-corrected chi connectivity index (χ2v) is 6.01. The third-order valence-corrected chi connectivity index (χ3v) is 4.29. The maximum absolute atomic E-state index is 12.6. The predicted octanol–water partition coefficient (Wildman–Crippen LogP) is 2.01. The zero-order valence-electron chi connectivity index (χ0n) is 14.7. The third kappa shape index (κ3) is 3.25. The van der Waals surface area contributed by atoms with E-state index >= 15 is 0 Å². The molecular weight excluding hydrogens is 368 g/mol. The summed E-state index contributed by atoms with van der Waals surface area (Å²) >= 11 is 0. The van der Waals surface area contributed by atoms with Crippen molar-refractivity contribution >= 4 is 29.3 Å². The first-order valence-corrected chi connectivity index (χ1v) is 8.23. The molecule has 9 nitrogen and oxygen atoms in total. The number of amides is 2. The molecule has 0 bridgehead atoms. The van der Waals surface area contributed by atoms with Crippen LogP contribution in [0, 0.1) is 10.1 Å². The number of carbonyl (C=O) groups is 4. The molecule has 0 aromatic heterocycles. The highest BCUT2D eigenvalue weighted by atomic mass is 16.6. The molecule has 2 aromatic rings. The van der Waals surface area contributed by atoms with Crippen molar-refractivity contribution in [1.82, 2.24) is 4.90 Å². The Kier molecular flexibility index (Phi) is 4.99. The number of nitrogens with zero attached hydrogens (tertiary/aromatic N) is 2. The molecular formula is C19H14N2O7. The SMILES string of the molecule is C[C@@H](C(=O)OCC(=O)c1ccccc1)N1C(=O)c2cccc([N+](=O)[O-])c2C1=O. The minimum Gasteiger partial charge on any atom is -0.456 e. The molecule has 0 aliphatic carbocycles. The van der Waals surface area contributed by atoms with Gasteiger partial charge in [-0.1, -0.05) is 36.4 Å². The lowest BCUT2D eigenvalue weighted by molar-refractivity contribution is -0.385. The van der Waals surface area contributed by atoms with Gasteiger partial charge in [-0.3, -0.25) is 29.4 Å². The molecule has 0 radical (unpaired) electrons. The summed E-state index contributed by atoms with van der Waals surface area (Å²) in [6, 6.07) is 10.5. The first-order chi connectivity index (χ1) is 13.3. The number of ether oxygens (including phenoxy) is 1. The summed E-state index contributed by atoms with van der Waals surface area (Å²) in [7, 11) is 0. The van der Waals surface area contributed by atoms with Crippen molar-refractivity contribution in [3.63, 3.8) is 0 Å². The Morgan fingerprint density at radius 3 is 2.39 bits per heavy atom. The number of hydrogen-bond acceptors (Lipinski definition) is 7. The minimum atomic E-state index is -1.35. The summed E-state index contributed by atoms with van der Waals surface area (Å²) in [5.41, 5.74) is -0.686. The van der Waals surface area contributed by atoms with E-state index in [4.69, 9.17) is 4.74 Å². The Balaban J connectivity index is 1.75. The van der Waals surface area contributed by atoms with Crippen LogP contribution in [0.1, 0.15) is 38.0 Å². The Labute approximate surface area is 158 Å². The second kappa shape index (κ2) is 7.39. The van der Waals surface area contributed by atoms with Gasteiger partial charge in [0.2, 0.25) is 0 Å². The van der Waals surface area contributed by atoms with E-state index in [1.165, 1.54) is 19.1 Å². The zero-order valence-corrected chi connectivity index (χ0v) is 14.7. The topological polar surface area (TPSA) is 124 Å². The van der Waals surface area contributed by atoms with Crippen LogP contribution >= 0.6 is 0 Å². The molecule has 142 valence electrons. The number of nitro groups is 1. The van der Waals surface area contributed by atoms with Gasteiger partial charge >= 0.3 is 5.97 Å². The number of nitro benzene ring substituents is 1. The maximum Gasteiger partial charge on any atom is 0.329 e. The molecule has 0 saturated carbocycles. The molecule has 28 heavy (non-hydrogen) atoms. The molecule has 1 atom stereocenters. The molecule has 3 rings (SSSR count). The predicted molar refractivity (Wildman–Crippen MR) is 94.8 cm³/mol. The molecule has 2 aromatic carbocycles. The summed E-state index contributed by atoms with van der Waals surface area (Å²) in [4.78, 5) is 60.3. The number of esters is 1. The van der Waals surface area contributed by atoms with Gasteiger partial charge in [0.25, 0.3) is 17.5 Å². The summed E-state index contributed by atoms with van der Waals surface area (Å²) in [6.45, 7) is 0.694. The van der Waals surface area contributed by atoms with E-state index in [0.717, 1.165) is 6.07 Å². The smallest absolute Gasteiger partial charge is 0.329 e. The number of carbonyl (C=O) groups excluding carboxylic acids is 4. The normalized spacial score (nSPS) is 13.8. The fourth-order valence-electron chi connectivity index (χ4n) is 2.86. The van der Waals surface area contributed by atoms with Gasteiger partial charge in [-0.2, -0.15) is 0 Å². The van der Waals surface area contributed by atoms with Crippen LogP contribution in [0.25, 0.3) is 0 Å². The van der Waals surface area contributed by atoms with E-state index in [0.29, 0.717) is 10.5 Å². The Morgan fingerprint density at radius 2 is 1.75 bits per heavy atom. The molecule has 0 saturated heterocycles. The van der Waals surface area contributed by atoms with Crippen LogP contribution in [0.15, 0.2) is 48.5 Å². The van der Waals surface area contributed by atoms with Gasteiger partial charge in [-0.05, 0) is 13.0 Å². The average Bonchev–Trinajstić information content (AvgIpc) is 2.96. The molecule has 2 amide bonds. The lowest BCUT2D eigenvalue weighted by Crippen LogP contribution is -2.44. The van der Waals surface area contributed by atoms with E-state index in [9.17, 15) is 29.3 Å². The van der Waals surface area contributed by atoms with Gasteiger partial charge in [0.1, 0.15) is 11.6 Å². The Hall–Kier alpha value is -3.88. The fraction of sp³-hybridized carbons (Fsp3) is 0.158. The van der Waals surface area contributed by atoms with Crippen molar-refractivity contribution in [2.75, 3.05) is 6.61 Å². The van der Waals surface area contributed by atoms with Gasteiger partial charge < -0.3 is 4.74 Å². The Bertz CT molecular complexity index is 1000. The largest absolute Gasteiger partial charge is 0.456 e. The summed E-state index contributed by atoms with van der Waals surface area (Å²) in [5, 5.41) is 11.1. The fourth-order valence-corrected chi connectivity index (χ4v) is 2.86. The highest BCUT2D eigenvalue weighted by molar-refractivity contribution is 6.24. The van der Waals surface area contributed by atoms with Crippen LogP contribution in [0.2, 0.25) is 0 Å². The molecule has 1 aliphatic rings. The quantitative estimate of drug-likeness (QED) is 0.246. The highest BCUT2D eigenvalue weighted by Crippen LogP contribution is 2.32. The van der Waals surface area contributed by atoms with Gasteiger partial charge in [-0.25, -0.2) is 4.79 Å². The highest BCUT2D eigenvalue weighted by Gasteiger charge is 2.45. The van der Waals surface area contributed by atoms with Gasteiger partial charge in [-0.15, -0.1) is 0 Å². The molecule has 0 spiro atoms. The second-order valence-electron chi connectivity index (χ2n) is 6.01. The number of imide groups is 1. The first kappa shape index (κ1) is 18.9. The number of Topliss-reactive ketones (excluding diaryl/α,β-unsaturated/α-hetero) is 1. The first-order valence-electron chi connectivity index (χ1n) is 8.23. The molecule has 1 aliphatic heterocycles. The molecule has 0 N–H and O–H groups in total. The standard InChI is InChI=1S/C19H14N2O7/c1-11(19(25)28-10-15(22)12-6-3-2-4-7-12)20-17(23)13-8-5-9-14(21(26)27)16(13)18(20)24/h2-9,11H,10H2,1H3/t11-/m0/s1. The number of hydrogen-bond donors (Lipinski definition) is 0. The van der Waals surface area contributed by atoms with Crippen LogP contribution < -0.4 is 0 Å². The van der Waals surface area contributed by atoms with E-state index in [2.05, 4.69) is 0 Å². The molecule has 9 heteroatoms. The monoisotopic (exact) mass is 382 g/mol. The minimum absolute atomic E-state index is 0.154. The van der Waals surface area contributed by atoms with Crippen LogP contribution in [-0.4, -0.2) is 46.0 Å². The van der Waals surface area contributed by atoms with E-state index in [1.807, 2.05) is 0 Å². The summed E-state index contributed by atoms with van der Waals surface area (Å²) in [6.07, 6.45) is 0. The maximum atomic E-state index is 12.6. The summed E-state index contributed by atoms with van der Waals surface area (Å²) < 4.78 is 4.94. The Morgan fingerprint density at radius 1 is 1.07 bits per heavy atom. The van der Waals surface area contributed by atoms with Crippen molar-refractivity contribution in [1.29, 1.82) is 0 Å². The van der Waals surface area contributed by atoms with Crippen molar-refractivity contribution in [3.05, 3.63) is 75.3 Å². The van der Waals surface area contributed by atoms with Gasteiger partial charge in [0.15, 0.2) is 12.4 Å². The molecule has 0 fully saturated rings. The van der Waals surface area contributed by atoms with Gasteiger partial charge in [0, 0.05) is 11.6 Å². The molecule has 0 unspecified atom stereocenters. The summed E-state index contributed by atoms with van der Waals surface area (Å²) in [5.74, 6) is -3.20. The van der Waals surface area contributed by atoms with Crippen molar-refractivity contribution < 1.29 is 28.8 Å². The number of fused-ring (bicyclic) bond motifs is 1. The van der Waals surface area contributed by atoms with Crippen LogP contribution in [0.5, 0.6) is 0 Å². The number of rotatable bonds is 6. The van der Waals surface area contributed by atoms with Crippen LogP contribution in [-0.2, 0) is 9.53 Å². The third-order valence-electron chi connectivity index (χ3n) is 4.29. The lowest BCUT2D eigenvalue weighted by atomic mass is 10.1. The van der Waals surface area contributed by atoms with E-state index in [1.54, 1.807) is 30.3 Å². The zero-order chi connectivity index (χ0) is 20.4. The number of ketones is 1.